The second kappa shape index (κ2) is 9.16. The van der Waals surface area contributed by atoms with Gasteiger partial charge in [-0.3, -0.25) is 4.90 Å². The van der Waals surface area contributed by atoms with Crippen molar-refractivity contribution in [1.29, 1.82) is 0 Å². The van der Waals surface area contributed by atoms with Crippen LogP contribution in [0.4, 0.5) is 5.82 Å². The number of hydrogen-bond acceptors (Lipinski definition) is 4. The number of hydrogen-bond donors (Lipinski definition) is 1. The first-order valence-corrected chi connectivity index (χ1v) is 7.71. The third-order valence-electron chi connectivity index (χ3n) is 3.18. The molecule has 20 heavy (non-hydrogen) atoms. The van der Waals surface area contributed by atoms with Gasteiger partial charge in [0.25, 0.3) is 0 Å². The van der Waals surface area contributed by atoms with Crippen LogP contribution in [0.1, 0.15) is 26.0 Å². The normalized spacial score (nSPS) is 11.3. The largest absolute Gasteiger partial charge is 0.370 e. The molecule has 1 aromatic rings. The second-order valence-corrected chi connectivity index (χ2v) is 5.59. The summed E-state index contributed by atoms with van der Waals surface area (Å²) in [5.74, 6) is 0.899. The van der Waals surface area contributed by atoms with Gasteiger partial charge in [0, 0.05) is 13.1 Å². The smallest absolute Gasteiger partial charge is 0.126 e. The molecule has 5 heteroatoms. The molecular formula is C15H27ClN4. The van der Waals surface area contributed by atoms with E-state index in [9.17, 15) is 0 Å². The minimum atomic E-state index is 0.748. The number of aromatic nitrogens is 1. The predicted molar refractivity (Wildman–Crippen MR) is 87.5 cm³/mol. The lowest BCUT2D eigenvalue weighted by Gasteiger charge is -2.21. The molecule has 114 valence electrons. The first-order chi connectivity index (χ1) is 9.56. The van der Waals surface area contributed by atoms with E-state index in [2.05, 4.69) is 48.0 Å². The van der Waals surface area contributed by atoms with Crippen LogP contribution < -0.4 is 5.32 Å². The Labute approximate surface area is 128 Å². The Balaban J connectivity index is 2.61. The van der Waals surface area contributed by atoms with Crippen molar-refractivity contribution in [3.05, 3.63) is 22.8 Å². The molecule has 0 aliphatic heterocycles. The Bertz CT molecular complexity index is 395. The molecule has 0 radical (unpaired) electrons. The summed E-state index contributed by atoms with van der Waals surface area (Å²) in [6.45, 7) is 9.10. The molecule has 0 amide bonds. The van der Waals surface area contributed by atoms with Crippen molar-refractivity contribution in [2.45, 2.75) is 26.8 Å². The Hall–Kier alpha value is -0.840. The van der Waals surface area contributed by atoms with Crippen LogP contribution in [0.15, 0.2) is 12.1 Å². The second-order valence-electron chi connectivity index (χ2n) is 5.18. The van der Waals surface area contributed by atoms with Gasteiger partial charge in [0.05, 0.1) is 10.7 Å². The maximum atomic E-state index is 6.26. The molecule has 0 aliphatic carbocycles. The fourth-order valence-corrected chi connectivity index (χ4v) is 2.21. The van der Waals surface area contributed by atoms with E-state index in [0.717, 1.165) is 55.7 Å². The number of anilines is 1. The summed E-state index contributed by atoms with van der Waals surface area (Å²) in [6, 6.07) is 3.85. The summed E-state index contributed by atoms with van der Waals surface area (Å²) in [6.07, 6.45) is 1.16. The van der Waals surface area contributed by atoms with Gasteiger partial charge in [-0.15, -0.1) is 0 Å². The SMILES string of the molecule is CCNc1ccc(Cl)c(CN(CC)CCCN(C)C)n1. The van der Waals surface area contributed by atoms with Crippen LogP contribution in [0.5, 0.6) is 0 Å². The number of halogens is 1. The summed E-state index contributed by atoms with van der Waals surface area (Å²) in [7, 11) is 4.21. The minimum Gasteiger partial charge on any atom is -0.370 e. The zero-order valence-corrected chi connectivity index (χ0v) is 13.9. The molecule has 4 nitrogen and oxygen atoms in total. The van der Waals surface area contributed by atoms with E-state index in [1.165, 1.54) is 0 Å². The van der Waals surface area contributed by atoms with E-state index < -0.39 is 0 Å². The third-order valence-corrected chi connectivity index (χ3v) is 3.52. The topological polar surface area (TPSA) is 31.4 Å². The lowest BCUT2D eigenvalue weighted by atomic mass is 10.3. The van der Waals surface area contributed by atoms with Crippen molar-refractivity contribution in [2.75, 3.05) is 45.6 Å². The maximum Gasteiger partial charge on any atom is 0.126 e. The first kappa shape index (κ1) is 17.2. The summed E-state index contributed by atoms with van der Waals surface area (Å²) < 4.78 is 0. The van der Waals surface area contributed by atoms with Gasteiger partial charge in [0.1, 0.15) is 5.82 Å². The number of rotatable bonds is 9. The molecule has 0 aromatic carbocycles. The molecule has 0 fully saturated rings. The van der Waals surface area contributed by atoms with Crippen molar-refractivity contribution < 1.29 is 0 Å². The Morgan fingerprint density at radius 1 is 1.20 bits per heavy atom. The van der Waals surface area contributed by atoms with Crippen molar-refractivity contribution in [3.63, 3.8) is 0 Å². The highest BCUT2D eigenvalue weighted by Crippen LogP contribution is 2.18. The van der Waals surface area contributed by atoms with Gasteiger partial charge in [0.15, 0.2) is 0 Å². The van der Waals surface area contributed by atoms with Gasteiger partial charge in [-0.1, -0.05) is 18.5 Å². The zero-order valence-electron chi connectivity index (χ0n) is 13.1. The number of nitrogens with one attached hydrogen (secondary N) is 1. The predicted octanol–water partition coefficient (Wildman–Crippen LogP) is 2.94. The van der Waals surface area contributed by atoms with Crippen molar-refractivity contribution in [1.82, 2.24) is 14.8 Å². The van der Waals surface area contributed by atoms with E-state index in [1.807, 2.05) is 12.1 Å². The van der Waals surface area contributed by atoms with Gasteiger partial charge < -0.3 is 10.2 Å². The minimum absolute atomic E-state index is 0.748. The van der Waals surface area contributed by atoms with Gasteiger partial charge in [-0.05, 0) is 59.2 Å². The summed E-state index contributed by atoms with van der Waals surface area (Å²) >= 11 is 6.26. The van der Waals surface area contributed by atoms with Crippen LogP contribution in [0, 0.1) is 0 Å². The van der Waals surface area contributed by atoms with E-state index in [4.69, 9.17) is 11.6 Å². The average Bonchev–Trinajstić information content (AvgIpc) is 2.41. The molecule has 0 atom stereocenters. The van der Waals surface area contributed by atoms with Crippen LogP contribution >= 0.6 is 11.6 Å². The lowest BCUT2D eigenvalue weighted by molar-refractivity contribution is 0.257. The van der Waals surface area contributed by atoms with Crippen LogP contribution in [0.3, 0.4) is 0 Å². The quantitative estimate of drug-likeness (QED) is 0.759. The fraction of sp³-hybridized carbons (Fsp3) is 0.667. The highest BCUT2D eigenvalue weighted by atomic mass is 35.5. The molecule has 0 spiro atoms. The molecule has 1 N–H and O–H groups in total. The molecule has 1 rings (SSSR count). The zero-order chi connectivity index (χ0) is 15.0. The molecule has 1 heterocycles. The fourth-order valence-electron chi connectivity index (χ4n) is 2.05. The standard InChI is InChI=1S/C15H27ClN4/c1-5-17-15-9-8-13(16)14(18-15)12-20(6-2)11-7-10-19(3)4/h8-9H,5-7,10-12H2,1-4H3,(H,17,18). The average molecular weight is 299 g/mol. The Morgan fingerprint density at radius 2 is 1.95 bits per heavy atom. The van der Waals surface area contributed by atoms with Crippen LogP contribution in [0.25, 0.3) is 0 Å². The lowest BCUT2D eigenvalue weighted by Crippen LogP contribution is -2.27. The number of pyridine rings is 1. The van der Waals surface area contributed by atoms with E-state index >= 15 is 0 Å². The summed E-state index contributed by atoms with van der Waals surface area (Å²) in [5.41, 5.74) is 0.955. The van der Waals surface area contributed by atoms with Crippen LogP contribution in [0.2, 0.25) is 5.02 Å². The first-order valence-electron chi connectivity index (χ1n) is 7.33. The van der Waals surface area contributed by atoms with Gasteiger partial charge in [0.2, 0.25) is 0 Å². The molecule has 0 unspecified atom stereocenters. The van der Waals surface area contributed by atoms with E-state index in [-0.39, 0.29) is 0 Å². The van der Waals surface area contributed by atoms with E-state index in [1.54, 1.807) is 0 Å². The van der Waals surface area contributed by atoms with Crippen molar-refractivity contribution in [3.8, 4) is 0 Å². The molecule has 0 bridgehead atoms. The molecule has 1 aromatic heterocycles. The molecule has 0 saturated heterocycles. The van der Waals surface area contributed by atoms with Crippen LogP contribution in [-0.4, -0.2) is 55.1 Å². The summed E-state index contributed by atoms with van der Waals surface area (Å²) in [5, 5.41) is 3.98. The third kappa shape index (κ3) is 6.07. The molecule has 0 aliphatic rings. The maximum absolute atomic E-state index is 6.26. The van der Waals surface area contributed by atoms with Gasteiger partial charge in [-0.2, -0.15) is 0 Å². The monoisotopic (exact) mass is 298 g/mol. The molecular weight excluding hydrogens is 272 g/mol. The highest BCUT2D eigenvalue weighted by Gasteiger charge is 2.09. The van der Waals surface area contributed by atoms with Crippen molar-refractivity contribution >= 4 is 17.4 Å². The van der Waals surface area contributed by atoms with E-state index in [0.29, 0.717) is 0 Å². The highest BCUT2D eigenvalue weighted by molar-refractivity contribution is 6.31. The summed E-state index contributed by atoms with van der Waals surface area (Å²) in [4.78, 5) is 9.19. The van der Waals surface area contributed by atoms with Crippen molar-refractivity contribution in [2.24, 2.45) is 0 Å². The number of nitrogens with zero attached hydrogens (tertiary/aromatic N) is 3. The van der Waals surface area contributed by atoms with Gasteiger partial charge in [-0.25, -0.2) is 4.98 Å². The molecule has 0 saturated carbocycles. The Morgan fingerprint density at radius 3 is 2.55 bits per heavy atom. The van der Waals surface area contributed by atoms with Gasteiger partial charge >= 0.3 is 0 Å². The van der Waals surface area contributed by atoms with Crippen LogP contribution in [-0.2, 0) is 6.54 Å². The Kier molecular flexibility index (Phi) is 7.88.